The average molecular weight is 203 g/mol. The molecule has 0 unspecified atom stereocenters. The molecule has 1 atom stereocenters. The molecule has 2 aromatic rings. The minimum atomic E-state index is -0.0169. The molecular weight excluding hydrogens is 186 g/mol. The summed E-state index contributed by atoms with van der Waals surface area (Å²) < 4.78 is 0. The van der Waals surface area contributed by atoms with Crippen LogP contribution in [0.3, 0.4) is 0 Å². The van der Waals surface area contributed by atoms with E-state index < -0.39 is 0 Å². The molecule has 2 rings (SSSR count). The lowest BCUT2D eigenvalue weighted by Gasteiger charge is -2.11. The number of aromatic nitrogens is 2. The lowest BCUT2D eigenvalue weighted by Crippen LogP contribution is -2.18. The number of aromatic amines is 1. The molecule has 80 valence electrons. The molecule has 0 fully saturated rings. The molecular formula is C12H17N3. The molecule has 0 aliphatic carbocycles. The number of nitrogens with one attached hydrogen (secondary N) is 1. The SMILES string of the molecule is Cc1cccc2[nH]c([C@H](N)C(C)C)nc12. The maximum Gasteiger partial charge on any atom is 0.124 e. The number of nitrogens with two attached hydrogens (primary N) is 1. The first-order valence-corrected chi connectivity index (χ1v) is 5.30. The standard InChI is InChI=1S/C12H17N3/c1-7(2)10(13)12-14-9-6-4-5-8(3)11(9)15-12/h4-7,10H,13H2,1-3H3,(H,14,15)/t10-/m1/s1. The molecule has 0 aliphatic heterocycles. The van der Waals surface area contributed by atoms with Crippen molar-refractivity contribution < 1.29 is 0 Å². The minimum absolute atomic E-state index is 0.0169. The Bertz CT molecular complexity index is 471. The van der Waals surface area contributed by atoms with Crippen LogP contribution in [0.15, 0.2) is 18.2 Å². The Kier molecular flexibility index (Phi) is 2.49. The Labute approximate surface area is 89.7 Å². The van der Waals surface area contributed by atoms with E-state index in [-0.39, 0.29) is 6.04 Å². The van der Waals surface area contributed by atoms with Crippen molar-refractivity contribution >= 4 is 11.0 Å². The number of para-hydroxylation sites is 1. The number of benzene rings is 1. The third kappa shape index (κ3) is 1.75. The summed E-state index contributed by atoms with van der Waals surface area (Å²) in [6.45, 7) is 6.27. The van der Waals surface area contributed by atoms with Gasteiger partial charge < -0.3 is 10.7 Å². The second-order valence-electron chi connectivity index (χ2n) is 4.36. The topological polar surface area (TPSA) is 54.7 Å². The van der Waals surface area contributed by atoms with E-state index in [0.29, 0.717) is 5.92 Å². The van der Waals surface area contributed by atoms with E-state index in [1.807, 2.05) is 12.1 Å². The summed E-state index contributed by atoms with van der Waals surface area (Å²) >= 11 is 0. The van der Waals surface area contributed by atoms with Crippen LogP contribution in [0.1, 0.15) is 31.3 Å². The quantitative estimate of drug-likeness (QED) is 0.788. The number of rotatable bonds is 2. The van der Waals surface area contributed by atoms with Crippen molar-refractivity contribution in [2.45, 2.75) is 26.8 Å². The van der Waals surface area contributed by atoms with Crippen molar-refractivity contribution in [2.24, 2.45) is 11.7 Å². The van der Waals surface area contributed by atoms with Gasteiger partial charge in [-0.25, -0.2) is 4.98 Å². The van der Waals surface area contributed by atoms with E-state index >= 15 is 0 Å². The van der Waals surface area contributed by atoms with Gasteiger partial charge >= 0.3 is 0 Å². The van der Waals surface area contributed by atoms with Gasteiger partial charge in [0.15, 0.2) is 0 Å². The summed E-state index contributed by atoms with van der Waals surface area (Å²) in [5.41, 5.74) is 9.35. The first-order valence-electron chi connectivity index (χ1n) is 5.30. The van der Waals surface area contributed by atoms with Crippen LogP contribution in [0, 0.1) is 12.8 Å². The zero-order valence-corrected chi connectivity index (χ0v) is 9.41. The highest BCUT2D eigenvalue weighted by molar-refractivity contribution is 5.78. The maximum absolute atomic E-state index is 6.06. The van der Waals surface area contributed by atoms with Gasteiger partial charge in [-0.1, -0.05) is 26.0 Å². The first kappa shape index (κ1) is 10.2. The van der Waals surface area contributed by atoms with Crippen molar-refractivity contribution in [3.05, 3.63) is 29.6 Å². The number of aryl methyl sites for hydroxylation is 1. The van der Waals surface area contributed by atoms with Crippen molar-refractivity contribution in [3.63, 3.8) is 0 Å². The van der Waals surface area contributed by atoms with E-state index in [1.54, 1.807) is 0 Å². The van der Waals surface area contributed by atoms with Gasteiger partial charge in [-0.2, -0.15) is 0 Å². The third-order valence-electron chi connectivity index (χ3n) is 2.77. The molecule has 0 spiro atoms. The summed E-state index contributed by atoms with van der Waals surface area (Å²) in [6, 6.07) is 6.11. The minimum Gasteiger partial charge on any atom is -0.341 e. The summed E-state index contributed by atoms with van der Waals surface area (Å²) in [5, 5.41) is 0. The molecule has 0 saturated heterocycles. The van der Waals surface area contributed by atoms with Crippen LogP contribution in [0.5, 0.6) is 0 Å². The second-order valence-corrected chi connectivity index (χ2v) is 4.36. The summed E-state index contributed by atoms with van der Waals surface area (Å²) in [5.74, 6) is 1.28. The van der Waals surface area contributed by atoms with Gasteiger partial charge in [0.2, 0.25) is 0 Å². The first-order chi connectivity index (χ1) is 7.09. The smallest absolute Gasteiger partial charge is 0.124 e. The molecule has 15 heavy (non-hydrogen) atoms. The van der Waals surface area contributed by atoms with Gasteiger partial charge in [0.1, 0.15) is 5.82 Å². The average Bonchev–Trinajstić information content (AvgIpc) is 2.61. The monoisotopic (exact) mass is 203 g/mol. The third-order valence-corrected chi connectivity index (χ3v) is 2.77. The number of hydrogen-bond acceptors (Lipinski definition) is 2. The molecule has 3 nitrogen and oxygen atoms in total. The number of fused-ring (bicyclic) bond motifs is 1. The van der Waals surface area contributed by atoms with Gasteiger partial charge in [0.05, 0.1) is 17.1 Å². The van der Waals surface area contributed by atoms with Crippen molar-refractivity contribution in [1.82, 2.24) is 9.97 Å². The Morgan fingerprint density at radius 1 is 1.33 bits per heavy atom. The van der Waals surface area contributed by atoms with Gasteiger partial charge in [0.25, 0.3) is 0 Å². The fourth-order valence-corrected chi connectivity index (χ4v) is 1.67. The highest BCUT2D eigenvalue weighted by Crippen LogP contribution is 2.21. The van der Waals surface area contributed by atoms with E-state index in [0.717, 1.165) is 16.9 Å². The number of H-pyrrole nitrogens is 1. The van der Waals surface area contributed by atoms with Crippen molar-refractivity contribution in [3.8, 4) is 0 Å². The molecule has 3 heteroatoms. The number of nitrogens with zero attached hydrogens (tertiary/aromatic N) is 1. The van der Waals surface area contributed by atoms with Crippen LogP contribution in [0.25, 0.3) is 11.0 Å². The Morgan fingerprint density at radius 2 is 2.07 bits per heavy atom. The van der Waals surface area contributed by atoms with Crippen LogP contribution in [-0.2, 0) is 0 Å². The van der Waals surface area contributed by atoms with Crippen molar-refractivity contribution in [1.29, 1.82) is 0 Å². The van der Waals surface area contributed by atoms with E-state index in [4.69, 9.17) is 5.73 Å². The van der Waals surface area contributed by atoms with Crippen LogP contribution >= 0.6 is 0 Å². The Morgan fingerprint density at radius 3 is 2.67 bits per heavy atom. The van der Waals surface area contributed by atoms with Gasteiger partial charge in [0, 0.05) is 0 Å². The van der Waals surface area contributed by atoms with Crippen LogP contribution in [-0.4, -0.2) is 9.97 Å². The zero-order chi connectivity index (χ0) is 11.0. The number of hydrogen-bond donors (Lipinski definition) is 2. The van der Waals surface area contributed by atoms with Crippen LogP contribution in [0.4, 0.5) is 0 Å². The maximum atomic E-state index is 6.06. The molecule has 0 amide bonds. The van der Waals surface area contributed by atoms with E-state index in [1.165, 1.54) is 5.56 Å². The molecule has 0 aliphatic rings. The van der Waals surface area contributed by atoms with Gasteiger partial charge in [-0.05, 0) is 24.5 Å². The molecule has 1 aromatic carbocycles. The van der Waals surface area contributed by atoms with Crippen molar-refractivity contribution in [2.75, 3.05) is 0 Å². The molecule has 0 radical (unpaired) electrons. The van der Waals surface area contributed by atoms with Crippen LogP contribution < -0.4 is 5.73 Å². The summed E-state index contributed by atoms with van der Waals surface area (Å²) in [7, 11) is 0. The molecule has 0 saturated carbocycles. The Hall–Kier alpha value is -1.35. The predicted molar refractivity (Wildman–Crippen MR) is 62.6 cm³/mol. The Balaban J connectivity index is 2.52. The molecule has 1 aromatic heterocycles. The van der Waals surface area contributed by atoms with E-state index in [9.17, 15) is 0 Å². The fourth-order valence-electron chi connectivity index (χ4n) is 1.67. The fraction of sp³-hybridized carbons (Fsp3) is 0.417. The lowest BCUT2D eigenvalue weighted by atomic mass is 10.1. The highest BCUT2D eigenvalue weighted by Gasteiger charge is 2.15. The number of imidazole rings is 1. The van der Waals surface area contributed by atoms with Gasteiger partial charge in [-0.15, -0.1) is 0 Å². The highest BCUT2D eigenvalue weighted by atomic mass is 15.0. The largest absolute Gasteiger partial charge is 0.341 e. The van der Waals surface area contributed by atoms with Gasteiger partial charge in [-0.3, -0.25) is 0 Å². The molecule has 3 N–H and O–H groups in total. The second kappa shape index (κ2) is 3.66. The molecule has 0 bridgehead atoms. The van der Waals surface area contributed by atoms with E-state index in [2.05, 4.69) is 36.8 Å². The summed E-state index contributed by atoms with van der Waals surface area (Å²) in [4.78, 5) is 7.83. The zero-order valence-electron chi connectivity index (χ0n) is 9.41. The molecule has 1 heterocycles. The lowest BCUT2D eigenvalue weighted by molar-refractivity contribution is 0.495. The predicted octanol–water partition coefficient (Wildman–Crippen LogP) is 2.53. The summed E-state index contributed by atoms with van der Waals surface area (Å²) in [6.07, 6.45) is 0. The normalized spacial score (nSPS) is 13.7. The van der Waals surface area contributed by atoms with Crippen LogP contribution in [0.2, 0.25) is 0 Å².